The van der Waals surface area contributed by atoms with Crippen LogP contribution in [0.1, 0.15) is 24.5 Å². The van der Waals surface area contributed by atoms with Crippen molar-refractivity contribution in [3.63, 3.8) is 0 Å². The van der Waals surface area contributed by atoms with E-state index in [-0.39, 0.29) is 0 Å². The minimum Gasteiger partial charge on any atom is -0.317 e. The van der Waals surface area contributed by atoms with Gasteiger partial charge in [-0.05, 0) is 32.0 Å². The lowest BCUT2D eigenvalue weighted by atomic mass is 9.94. The van der Waals surface area contributed by atoms with E-state index in [0.717, 1.165) is 37.0 Å². The van der Waals surface area contributed by atoms with Crippen LogP contribution in [0.2, 0.25) is 0 Å². The molecule has 0 bridgehead atoms. The Morgan fingerprint density at radius 2 is 2.00 bits per heavy atom. The Morgan fingerprint density at radius 1 is 1.24 bits per heavy atom. The zero-order valence-corrected chi connectivity index (χ0v) is 9.56. The Hall–Kier alpha value is -1.68. The lowest BCUT2D eigenvalue weighted by molar-refractivity contribution is -0.709. The summed E-state index contributed by atoms with van der Waals surface area (Å²) in [6.07, 6.45) is 1.99. The SMILES string of the molecule is O=[n+]1oc2ccccc2cc1C1CCNCC1. The molecule has 2 aromatic rings. The van der Waals surface area contributed by atoms with Gasteiger partial charge in [-0.15, -0.1) is 0 Å². The van der Waals surface area contributed by atoms with Gasteiger partial charge in [-0.25, -0.2) is 0 Å². The molecule has 1 aromatic carbocycles. The average Bonchev–Trinajstić information content (AvgIpc) is 2.39. The molecule has 2 heterocycles. The summed E-state index contributed by atoms with van der Waals surface area (Å²) >= 11 is 0. The van der Waals surface area contributed by atoms with Crippen molar-refractivity contribution in [1.29, 1.82) is 0 Å². The van der Waals surface area contributed by atoms with Crippen LogP contribution in [0.5, 0.6) is 0 Å². The number of nitrogens with zero attached hydrogens (tertiary/aromatic N) is 1. The van der Waals surface area contributed by atoms with Crippen LogP contribution in [-0.4, -0.2) is 13.1 Å². The van der Waals surface area contributed by atoms with E-state index in [9.17, 15) is 4.91 Å². The van der Waals surface area contributed by atoms with Crippen LogP contribution in [0.3, 0.4) is 0 Å². The van der Waals surface area contributed by atoms with Crippen molar-refractivity contribution in [2.75, 3.05) is 13.1 Å². The summed E-state index contributed by atoms with van der Waals surface area (Å²) in [7, 11) is 0. The molecule has 0 spiro atoms. The number of fused-ring (bicyclic) bond motifs is 1. The predicted octanol–water partition coefficient (Wildman–Crippen LogP) is 1.81. The van der Waals surface area contributed by atoms with Crippen molar-refractivity contribution in [2.45, 2.75) is 18.8 Å². The molecule has 0 amide bonds. The molecular formula is C13H15N2O2+. The Labute approximate surface area is 98.8 Å². The number of aromatic nitrogens is 1. The van der Waals surface area contributed by atoms with Crippen LogP contribution in [0.4, 0.5) is 0 Å². The number of hydrogen-bond donors (Lipinski definition) is 1. The third-order valence-corrected chi connectivity index (χ3v) is 3.37. The van der Waals surface area contributed by atoms with Crippen LogP contribution < -0.4 is 9.92 Å². The molecule has 88 valence electrons. The first-order valence-electron chi connectivity index (χ1n) is 6.01. The second kappa shape index (κ2) is 4.30. The highest BCUT2D eigenvalue weighted by Crippen LogP contribution is 2.24. The lowest BCUT2D eigenvalue weighted by Crippen LogP contribution is -2.31. The van der Waals surface area contributed by atoms with Crippen LogP contribution in [-0.2, 0) is 0 Å². The summed E-state index contributed by atoms with van der Waals surface area (Å²) in [4.78, 5) is 11.9. The quantitative estimate of drug-likeness (QED) is 0.814. The minimum absolute atomic E-state index is 0.308. The van der Waals surface area contributed by atoms with Gasteiger partial charge in [0.1, 0.15) is 0 Å². The normalized spacial score (nSPS) is 17.4. The third kappa shape index (κ3) is 1.96. The van der Waals surface area contributed by atoms with Gasteiger partial charge in [-0.3, -0.25) is 0 Å². The maximum Gasteiger partial charge on any atom is 0.297 e. The molecule has 4 heteroatoms. The maximum atomic E-state index is 11.9. The van der Waals surface area contributed by atoms with E-state index in [0.29, 0.717) is 16.1 Å². The summed E-state index contributed by atoms with van der Waals surface area (Å²) in [5.74, 6) is 0.308. The average molecular weight is 231 g/mol. The van der Waals surface area contributed by atoms with Crippen molar-refractivity contribution in [1.82, 2.24) is 5.32 Å². The van der Waals surface area contributed by atoms with Gasteiger partial charge in [0.25, 0.3) is 10.3 Å². The highest BCUT2D eigenvalue weighted by Gasteiger charge is 2.26. The molecule has 3 rings (SSSR count). The van der Waals surface area contributed by atoms with Crippen LogP contribution in [0.15, 0.2) is 34.9 Å². The Kier molecular flexibility index (Phi) is 2.65. The molecule has 4 nitrogen and oxygen atoms in total. The molecule has 17 heavy (non-hydrogen) atoms. The van der Waals surface area contributed by atoms with Gasteiger partial charge in [0.05, 0.1) is 10.8 Å². The summed E-state index contributed by atoms with van der Waals surface area (Å²) < 4.78 is 5.97. The Bertz CT molecular complexity index is 585. The standard InChI is InChI=1S/C13H15N2O2/c16-15-12(10-5-7-14-8-6-10)9-11-3-1-2-4-13(11)17-15/h1-4,9-10,14H,5-8H2/q+1. The van der Waals surface area contributed by atoms with Crippen molar-refractivity contribution >= 4 is 11.0 Å². The van der Waals surface area contributed by atoms with Gasteiger partial charge in [-0.1, -0.05) is 18.2 Å². The number of rotatable bonds is 1. The second-order valence-corrected chi connectivity index (χ2v) is 4.48. The zero-order chi connectivity index (χ0) is 11.7. The summed E-state index contributed by atoms with van der Waals surface area (Å²) in [5, 5.41) is 4.29. The lowest BCUT2D eigenvalue weighted by Gasteiger charge is -2.17. The topological polar surface area (TPSA) is 48.1 Å². The van der Waals surface area contributed by atoms with E-state index in [1.807, 2.05) is 30.3 Å². The number of piperidine rings is 1. The minimum atomic E-state index is 0.308. The third-order valence-electron chi connectivity index (χ3n) is 3.37. The smallest absolute Gasteiger partial charge is 0.297 e. The molecule has 1 aromatic heterocycles. The fraction of sp³-hybridized carbons (Fsp3) is 0.385. The molecule has 1 aliphatic rings. The van der Waals surface area contributed by atoms with Gasteiger partial charge in [0.2, 0.25) is 5.58 Å². The number of benzene rings is 1. The first-order chi connectivity index (χ1) is 8.34. The van der Waals surface area contributed by atoms with Crippen molar-refractivity contribution in [2.24, 2.45) is 0 Å². The first kappa shape index (κ1) is 10.5. The predicted molar refractivity (Wildman–Crippen MR) is 64.4 cm³/mol. The fourth-order valence-corrected chi connectivity index (χ4v) is 2.42. The summed E-state index contributed by atoms with van der Waals surface area (Å²) in [6.45, 7) is 1.94. The number of nitrogens with one attached hydrogen (secondary N) is 1. The largest absolute Gasteiger partial charge is 0.317 e. The van der Waals surface area contributed by atoms with E-state index >= 15 is 0 Å². The summed E-state index contributed by atoms with van der Waals surface area (Å²) in [5.41, 5.74) is 1.39. The van der Waals surface area contributed by atoms with Crippen LogP contribution >= 0.6 is 0 Å². The van der Waals surface area contributed by atoms with E-state index in [2.05, 4.69) is 5.32 Å². The first-order valence-corrected chi connectivity index (χ1v) is 6.01. The molecule has 0 atom stereocenters. The molecule has 1 aliphatic heterocycles. The molecule has 1 N–H and O–H groups in total. The van der Waals surface area contributed by atoms with Gasteiger partial charge in [0.15, 0.2) is 0 Å². The number of para-hydroxylation sites is 1. The second-order valence-electron chi connectivity index (χ2n) is 4.48. The number of hydrogen-bond acceptors (Lipinski definition) is 3. The monoisotopic (exact) mass is 231 g/mol. The molecule has 1 saturated heterocycles. The Balaban J connectivity index is 2.09. The molecule has 0 unspecified atom stereocenters. The molecule has 0 radical (unpaired) electrons. The molecule has 0 aliphatic carbocycles. The van der Waals surface area contributed by atoms with E-state index in [1.165, 1.54) is 0 Å². The maximum absolute atomic E-state index is 11.9. The zero-order valence-electron chi connectivity index (χ0n) is 9.56. The molecule has 0 saturated carbocycles. The van der Waals surface area contributed by atoms with Crippen LogP contribution in [0, 0.1) is 4.91 Å². The highest BCUT2D eigenvalue weighted by atomic mass is 16.6. The van der Waals surface area contributed by atoms with Gasteiger partial charge in [-0.2, -0.15) is 4.52 Å². The van der Waals surface area contributed by atoms with Gasteiger partial charge < -0.3 is 5.32 Å². The van der Waals surface area contributed by atoms with Crippen LogP contribution in [0.25, 0.3) is 11.0 Å². The van der Waals surface area contributed by atoms with E-state index in [1.54, 1.807) is 0 Å². The van der Waals surface area contributed by atoms with Crippen molar-refractivity contribution < 1.29 is 9.12 Å². The highest BCUT2D eigenvalue weighted by molar-refractivity contribution is 5.75. The van der Waals surface area contributed by atoms with Crippen molar-refractivity contribution in [3.8, 4) is 0 Å². The molecular weight excluding hydrogens is 216 g/mol. The molecule has 1 fully saturated rings. The van der Waals surface area contributed by atoms with Gasteiger partial charge >= 0.3 is 0 Å². The van der Waals surface area contributed by atoms with Gasteiger partial charge in [0, 0.05) is 11.5 Å². The van der Waals surface area contributed by atoms with Crippen molar-refractivity contribution in [3.05, 3.63) is 40.9 Å². The van der Waals surface area contributed by atoms with E-state index < -0.39 is 0 Å². The Morgan fingerprint density at radius 3 is 2.82 bits per heavy atom. The van der Waals surface area contributed by atoms with E-state index in [4.69, 9.17) is 4.52 Å². The fourth-order valence-electron chi connectivity index (χ4n) is 2.42. The summed E-state index contributed by atoms with van der Waals surface area (Å²) in [6, 6.07) is 9.58.